The second kappa shape index (κ2) is 5.36. The zero-order valence-corrected chi connectivity index (χ0v) is 11.2. The van der Waals surface area contributed by atoms with Gasteiger partial charge in [0.25, 0.3) is 5.91 Å². The molecule has 1 heterocycles. The highest BCUT2D eigenvalue weighted by Crippen LogP contribution is 2.26. The number of carboxylic acids is 1. The Morgan fingerprint density at radius 1 is 1.26 bits per heavy atom. The molecule has 1 saturated heterocycles. The van der Waals surface area contributed by atoms with Crippen molar-refractivity contribution in [1.82, 2.24) is 4.90 Å². The summed E-state index contributed by atoms with van der Waals surface area (Å²) >= 11 is 11.6. The van der Waals surface area contributed by atoms with E-state index in [1.165, 1.54) is 18.2 Å². The lowest BCUT2D eigenvalue weighted by Crippen LogP contribution is -2.40. The van der Waals surface area contributed by atoms with Crippen LogP contribution >= 0.6 is 23.2 Å². The average molecular weight is 304 g/mol. The molecule has 19 heavy (non-hydrogen) atoms. The fourth-order valence-corrected chi connectivity index (χ4v) is 2.37. The van der Waals surface area contributed by atoms with E-state index in [1.54, 1.807) is 0 Å². The summed E-state index contributed by atoms with van der Waals surface area (Å²) in [4.78, 5) is 24.4. The highest BCUT2D eigenvalue weighted by atomic mass is 35.5. The van der Waals surface area contributed by atoms with Gasteiger partial charge in [-0.1, -0.05) is 23.2 Å². The number of likely N-dealkylation sites (tertiary alicyclic amines) is 1. The van der Waals surface area contributed by atoms with Crippen LogP contribution in [-0.2, 0) is 4.79 Å². The van der Waals surface area contributed by atoms with E-state index >= 15 is 0 Å². The molecule has 0 aromatic heterocycles. The highest BCUT2D eigenvalue weighted by Gasteiger charge is 2.39. The SMILES string of the molecule is O=C(O)[C@@H]1C[C@@H](O)CN1C(=O)c1ccc(Cl)c(Cl)c1. The van der Waals surface area contributed by atoms with E-state index in [0.29, 0.717) is 5.02 Å². The molecule has 7 heteroatoms. The van der Waals surface area contributed by atoms with Gasteiger partial charge in [-0.05, 0) is 18.2 Å². The van der Waals surface area contributed by atoms with E-state index in [0.717, 1.165) is 4.90 Å². The minimum atomic E-state index is -1.13. The molecule has 0 radical (unpaired) electrons. The Morgan fingerprint density at radius 3 is 2.53 bits per heavy atom. The van der Waals surface area contributed by atoms with Gasteiger partial charge in [0, 0.05) is 18.5 Å². The predicted molar refractivity (Wildman–Crippen MR) is 69.5 cm³/mol. The third-order valence-electron chi connectivity index (χ3n) is 2.99. The van der Waals surface area contributed by atoms with Gasteiger partial charge >= 0.3 is 5.97 Å². The topological polar surface area (TPSA) is 77.8 Å². The van der Waals surface area contributed by atoms with Crippen molar-refractivity contribution in [3.05, 3.63) is 33.8 Å². The number of carboxylic acid groups (broad SMARTS) is 1. The van der Waals surface area contributed by atoms with Crippen molar-refractivity contribution in [2.75, 3.05) is 6.54 Å². The summed E-state index contributed by atoms with van der Waals surface area (Å²) in [7, 11) is 0. The van der Waals surface area contributed by atoms with Crippen LogP contribution in [0, 0.1) is 0 Å². The predicted octanol–water partition coefficient (Wildman–Crippen LogP) is 1.65. The minimum absolute atomic E-state index is 0.00392. The average Bonchev–Trinajstić information content (AvgIpc) is 2.74. The molecular formula is C12H11Cl2NO4. The first-order chi connectivity index (χ1) is 8.90. The highest BCUT2D eigenvalue weighted by molar-refractivity contribution is 6.42. The number of β-amino-alcohol motifs (C(OH)–C–C–N with tert-alkyl or cyclic N) is 1. The molecule has 1 fully saturated rings. The molecule has 0 aliphatic carbocycles. The number of carbonyl (C=O) groups excluding carboxylic acids is 1. The summed E-state index contributed by atoms with van der Waals surface area (Å²) < 4.78 is 0. The Bertz CT molecular complexity index is 534. The van der Waals surface area contributed by atoms with Gasteiger partial charge in [0.05, 0.1) is 16.1 Å². The smallest absolute Gasteiger partial charge is 0.326 e. The lowest BCUT2D eigenvalue weighted by atomic mass is 10.1. The third-order valence-corrected chi connectivity index (χ3v) is 3.73. The number of halogens is 2. The van der Waals surface area contributed by atoms with E-state index in [9.17, 15) is 14.7 Å². The van der Waals surface area contributed by atoms with Gasteiger partial charge in [0.2, 0.25) is 0 Å². The third kappa shape index (κ3) is 2.83. The van der Waals surface area contributed by atoms with Gasteiger partial charge in [-0.15, -0.1) is 0 Å². The van der Waals surface area contributed by atoms with Crippen molar-refractivity contribution < 1.29 is 19.8 Å². The number of benzene rings is 1. The first-order valence-corrected chi connectivity index (χ1v) is 6.32. The van der Waals surface area contributed by atoms with E-state index in [1.807, 2.05) is 0 Å². The molecule has 0 spiro atoms. The van der Waals surface area contributed by atoms with E-state index in [-0.39, 0.29) is 23.6 Å². The summed E-state index contributed by atoms with van der Waals surface area (Å²) in [6, 6.07) is 3.31. The quantitative estimate of drug-likeness (QED) is 0.871. The van der Waals surface area contributed by atoms with Gasteiger partial charge in [0.15, 0.2) is 0 Å². The first-order valence-electron chi connectivity index (χ1n) is 5.57. The van der Waals surface area contributed by atoms with Crippen molar-refractivity contribution >= 4 is 35.1 Å². The molecule has 0 saturated carbocycles. The molecule has 1 aliphatic rings. The van der Waals surface area contributed by atoms with Crippen LogP contribution in [0.3, 0.4) is 0 Å². The van der Waals surface area contributed by atoms with Gasteiger partial charge in [-0.25, -0.2) is 4.79 Å². The number of hydrogen-bond acceptors (Lipinski definition) is 3. The second-order valence-corrected chi connectivity index (χ2v) is 5.14. The summed E-state index contributed by atoms with van der Waals surface area (Å²) in [5, 5.41) is 19.1. The van der Waals surface area contributed by atoms with Gasteiger partial charge < -0.3 is 15.1 Å². The number of carbonyl (C=O) groups is 2. The van der Waals surface area contributed by atoms with Crippen molar-refractivity contribution in [2.45, 2.75) is 18.6 Å². The standard InChI is InChI=1S/C12H11Cl2NO4/c13-8-2-1-6(3-9(8)14)11(17)15-5-7(16)4-10(15)12(18)19/h1-3,7,10,16H,4-5H2,(H,18,19)/t7-,10+/m1/s1. The number of amides is 1. The summed E-state index contributed by atoms with van der Waals surface area (Å²) in [5.74, 6) is -1.62. The number of nitrogens with zero attached hydrogens (tertiary/aromatic N) is 1. The Labute approximate surface area is 119 Å². The van der Waals surface area contributed by atoms with Crippen molar-refractivity contribution in [3.8, 4) is 0 Å². The van der Waals surface area contributed by atoms with Crippen LogP contribution in [0.25, 0.3) is 0 Å². The van der Waals surface area contributed by atoms with Crippen LogP contribution in [0.15, 0.2) is 18.2 Å². The molecule has 2 atom stereocenters. The zero-order valence-electron chi connectivity index (χ0n) is 9.72. The molecule has 0 unspecified atom stereocenters. The molecule has 0 bridgehead atoms. The number of rotatable bonds is 2. The Morgan fingerprint density at radius 2 is 1.95 bits per heavy atom. The van der Waals surface area contributed by atoms with Crippen LogP contribution in [0.1, 0.15) is 16.8 Å². The Kier molecular flexibility index (Phi) is 3.99. The van der Waals surface area contributed by atoms with Crippen molar-refractivity contribution in [1.29, 1.82) is 0 Å². The Hall–Kier alpha value is -1.30. The molecule has 1 aliphatic heterocycles. The fourth-order valence-electron chi connectivity index (χ4n) is 2.07. The molecule has 5 nitrogen and oxygen atoms in total. The molecule has 2 rings (SSSR count). The normalized spacial score (nSPS) is 22.6. The molecule has 2 N–H and O–H groups in total. The van der Waals surface area contributed by atoms with Gasteiger partial charge in [-0.3, -0.25) is 4.79 Å². The van der Waals surface area contributed by atoms with E-state index < -0.39 is 24.0 Å². The van der Waals surface area contributed by atoms with E-state index in [4.69, 9.17) is 28.3 Å². The van der Waals surface area contributed by atoms with Crippen LogP contribution < -0.4 is 0 Å². The fraction of sp³-hybridized carbons (Fsp3) is 0.333. The minimum Gasteiger partial charge on any atom is -0.480 e. The molecule has 1 amide bonds. The monoisotopic (exact) mass is 303 g/mol. The zero-order chi connectivity index (χ0) is 14.2. The van der Waals surface area contributed by atoms with Crippen molar-refractivity contribution in [2.24, 2.45) is 0 Å². The maximum Gasteiger partial charge on any atom is 0.326 e. The molecule has 1 aromatic carbocycles. The Balaban J connectivity index is 2.27. The lowest BCUT2D eigenvalue weighted by molar-refractivity contribution is -0.141. The number of aliphatic carboxylic acids is 1. The van der Waals surface area contributed by atoms with Crippen LogP contribution in [-0.4, -0.2) is 45.7 Å². The van der Waals surface area contributed by atoms with Gasteiger partial charge in [-0.2, -0.15) is 0 Å². The molecule has 1 aromatic rings. The number of hydrogen-bond donors (Lipinski definition) is 2. The summed E-state index contributed by atoms with van der Waals surface area (Å²) in [6.07, 6.45) is -0.796. The maximum atomic E-state index is 12.2. The summed E-state index contributed by atoms with van der Waals surface area (Å²) in [6.45, 7) is -0.00392. The number of aliphatic hydroxyl groups is 1. The first kappa shape index (κ1) is 14.1. The van der Waals surface area contributed by atoms with Gasteiger partial charge in [0.1, 0.15) is 6.04 Å². The van der Waals surface area contributed by atoms with Crippen LogP contribution in [0.4, 0.5) is 0 Å². The summed E-state index contributed by atoms with van der Waals surface area (Å²) in [5.41, 5.74) is 0.245. The van der Waals surface area contributed by atoms with E-state index in [2.05, 4.69) is 0 Å². The second-order valence-electron chi connectivity index (χ2n) is 4.33. The molecule has 102 valence electrons. The number of aliphatic hydroxyl groups excluding tert-OH is 1. The van der Waals surface area contributed by atoms with Crippen molar-refractivity contribution in [3.63, 3.8) is 0 Å². The van der Waals surface area contributed by atoms with Crippen LogP contribution in [0.5, 0.6) is 0 Å². The lowest BCUT2D eigenvalue weighted by Gasteiger charge is -2.21. The van der Waals surface area contributed by atoms with Crippen LogP contribution in [0.2, 0.25) is 10.0 Å². The maximum absolute atomic E-state index is 12.2. The molecular weight excluding hydrogens is 293 g/mol. The largest absolute Gasteiger partial charge is 0.480 e.